The minimum absolute atomic E-state index is 0.0477. The molecule has 2 atom stereocenters. The first kappa shape index (κ1) is 21.8. The average molecular weight is 422 g/mol. The highest BCUT2D eigenvalue weighted by atomic mass is 19.4. The van der Waals surface area contributed by atoms with Crippen molar-refractivity contribution in [2.75, 3.05) is 18.5 Å². The molecule has 3 rings (SSSR count). The number of anilines is 1. The lowest BCUT2D eigenvalue weighted by molar-refractivity contribution is -0.155. The van der Waals surface area contributed by atoms with Gasteiger partial charge in [-0.15, -0.1) is 0 Å². The molecule has 0 spiro atoms. The molecule has 0 aromatic heterocycles. The summed E-state index contributed by atoms with van der Waals surface area (Å²) in [5, 5.41) is 13.4. The summed E-state index contributed by atoms with van der Waals surface area (Å²) < 4.78 is 43.6. The summed E-state index contributed by atoms with van der Waals surface area (Å²) in [5.41, 5.74) is 0.827. The molecule has 2 N–H and O–H groups in total. The number of carbonyl (C=O) groups excluding carboxylic acids is 2. The van der Waals surface area contributed by atoms with Crippen LogP contribution in [0, 0.1) is 0 Å². The molecule has 9 heteroatoms. The Morgan fingerprint density at radius 1 is 1.20 bits per heavy atom. The highest BCUT2D eigenvalue weighted by Crippen LogP contribution is 2.30. The molecule has 30 heavy (non-hydrogen) atoms. The molecule has 2 aromatic rings. The topological polar surface area (TPSA) is 78.9 Å². The Morgan fingerprint density at radius 2 is 1.83 bits per heavy atom. The summed E-state index contributed by atoms with van der Waals surface area (Å²) in [5.74, 6) is -0.586. The largest absolute Gasteiger partial charge is 0.416 e. The molecule has 0 bridgehead atoms. The zero-order valence-electron chi connectivity index (χ0n) is 16.1. The van der Waals surface area contributed by atoms with Gasteiger partial charge in [0.2, 0.25) is 11.8 Å². The first-order valence-electron chi connectivity index (χ1n) is 9.24. The van der Waals surface area contributed by atoms with Crippen molar-refractivity contribution < 1.29 is 32.6 Å². The van der Waals surface area contributed by atoms with E-state index in [0.29, 0.717) is 16.8 Å². The average Bonchev–Trinajstić information content (AvgIpc) is 2.69. The minimum atomic E-state index is -4.44. The Kier molecular flexibility index (Phi) is 6.42. The van der Waals surface area contributed by atoms with E-state index in [1.807, 2.05) is 0 Å². The number of hydrogen-bond acceptors (Lipinski definition) is 4. The second kappa shape index (κ2) is 8.85. The Bertz CT molecular complexity index is 898. The molecule has 1 saturated heterocycles. The molecule has 0 aliphatic carbocycles. The number of alkyl halides is 3. The fraction of sp³-hybridized carbons (Fsp3) is 0.333. The van der Waals surface area contributed by atoms with Gasteiger partial charge in [-0.3, -0.25) is 9.59 Å². The van der Waals surface area contributed by atoms with Crippen LogP contribution in [0.2, 0.25) is 0 Å². The van der Waals surface area contributed by atoms with Crippen LogP contribution in [0.15, 0.2) is 48.5 Å². The lowest BCUT2D eigenvalue weighted by atomic mass is 9.99. The number of carbonyl (C=O) groups is 2. The Balaban J connectivity index is 1.77. The second-order valence-corrected chi connectivity index (χ2v) is 7.05. The number of halogens is 3. The first-order valence-corrected chi connectivity index (χ1v) is 9.24. The zero-order chi connectivity index (χ0) is 21.9. The molecule has 0 radical (unpaired) electrons. The first-order chi connectivity index (χ1) is 14.1. The number of nitrogens with zero attached hydrogens (tertiary/aromatic N) is 1. The molecular formula is C21H21F3N2O4. The molecule has 1 heterocycles. The number of aliphatic hydroxyl groups excluding tert-OH is 1. The molecule has 1 aliphatic rings. The number of hydrogen-bond donors (Lipinski definition) is 2. The molecule has 2 unspecified atom stereocenters. The minimum Gasteiger partial charge on any atom is -0.386 e. The van der Waals surface area contributed by atoms with Crippen molar-refractivity contribution in [2.45, 2.75) is 31.8 Å². The molecule has 160 valence electrons. The van der Waals surface area contributed by atoms with Gasteiger partial charge in [-0.2, -0.15) is 13.2 Å². The third-order valence-electron chi connectivity index (χ3n) is 4.81. The van der Waals surface area contributed by atoms with Gasteiger partial charge in [-0.05, 0) is 35.4 Å². The van der Waals surface area contributed by atoms with Crippen LogP contribution in [0.5, 0.6) is 0 Å². The van der Waals surface area contributed by atoms with E-state index in [4.69, 9.17) is 4.74 Å². The number of morpholine rings is 1. The number of ether oxygens (including phenoxy) is 1. The van der Waals surface area contributed by atoms with Crippen molar-refractivity contribution in [3.05, 3.63) is 65.2 Å². The highest BCUT2D eigenvalue weighted by Gasteiger charge is 2.35. The quantitative estimate of drug-likeness (QED) is 0.776. The van der Waals surface area contributed by atoms with Crippen molar-refractivity contribution in [1.29, 1.82) is 0 Å². The van der Waals surface area contributed by atoms with Crippen LogP contribution in [0.25, 0.3) is 0 Å². The van der Waals surface area contributed by atoms with Crippen LogP contribution in [-0.4, -0.2) is 41.1 Å². The normalized spacial score (nSPS) is 18.2. The Labute approximate surface area is 171 Å². The molecule has 2 aromatic carbocycles. The maximum atomic E-state index is 12.8. The monoisotopic (exact) mass is 422 g/mol. The highest BCUT2D eigenvalue weighted by molar-refractivity contribution is 5.88. The smallest absolute Gasteiger partial charge is 0.386 e. The van der Waals surface area contributed by atoms with Crippen LogP contribution >= 0.6 is 0 Å². The van der Waals surface area contributed by atoms with Crippen molar-refractivity contribution in [2.24, 2.45) is 0 Å². The van der Waals surface area contributed by atoms with Crippen LogP contribution < -0.4 is 5.32 Å². The maximum Gasteiger partial charge on any atom is 0.416 e. The van der Waals surface area contributed by atoms with E-state index in [1.54, 1.807) is 24.3 Å². The molecule has 0 saturated carbocycles. The summed E-state index contributed by atoms with van der Waals surface area (Å²) >= 11 is 0. The molecular weight excluding hydrogens is 401 g/mol. The SMILES string of the molecule is CC(=O)Nc1ccc(C(O)C2COCC(=O)N2Cc2ccc(C(F)(F)F)cc2)cc1. The zero-order valence-corrected chi connectivity index (χ0v) is 16.1. The third kappa shape index (κ3) is 5.17. The van der Waals surface area contributed by atoms with Crippen molar-refractivity contribution >= 4 is 17.5 Å². The van der Waals surface area contributed by atoms with E-state index in [0.717, 1.165) is 12.1 Å². The number of benzene rings is 2. The number of rotatable bonds is 5. The lowest BCUT2D eigenvalue weighted by Gasteiger charge is -2.38. The molecule has 1 fully saturated rings. The molecule has 6 nitrogen and oxygen atoms in total. The van der Waals surface area contributed by atoms with Crippen molar-refractivity contribution in [3.63, 3.8) is 0 Å². The second-order valence-electron chi connectivity index (χ2n) is 7.05. The van der Waals surface area contributed by atoms with E-state index in [9.17, 15) is 27.9 Å². The van der Waals surface area contributed by atoms with Crippen LogP contribution in [0.4, 0.5) is 18.9 Å². The summed E-state index contributed by atoms with van der Waals surface area (Å²) in [7, 11) is 0. The third-order valence-corrected chi connectivity index (χ3v) is 4.81. The number of amides is 2. The van der Waals surface area contributed by atoms with Crippen molar-refractivity contribution in [3.8, 4) is 0 Å². The van der Waals surface area contributed by atoms with Gasteiger partial charge >= 0.3 is 6.18 Å². The fourth-order valence-electron chi connectivity index (χ4n) is 3.28. The van der Waals surface area contributed by atoms with Gasteiger partial charge in [0, 0.05) is 19.2 Å². The van der Waals surface area contributed by atoms with E-state index < -0.39 is 23.9 Å². The Morgan fingerprint density at radius 3 is 2.40 bits per heavy atom. The van der Waals surface area contributed by atoms with Crippen LogP contribution in [0.3, 0.4) is 0 Å². The van der Waals surface area contributed by atoms with Crippen molar-refractivity contribution in [1.82, 2.24) is 4.90 Å². The Hall–Kier alpha value is -2.91. The summed E-state index contributed by atoms with van der Waals surface area (Å²) in [6.45, 7) is 1.35. The molecule has 2 amide bonds. The number of nitrogens with one attached hydrogen (secondary N) is 1. The predicted octanol–water partition coefficient (Wildman–Crippen LogP) is 3.12. The summed E-state index contributed by atoms with van der Waals surface area (Å²) in [6, 6.07) is 10.4. The van der Waals surface area contributed by atoms with Gasteiger partial charge in [0.25, 0.3) is 0 Å². The van der Waals surface area contributed by atoms with Gasteiger partial charge in [0.05, 0.1) is 18.2 Å². The van der Waals surface area contributed by atoms with E-state index >= 15 is 0 Å². The standard InChI is InChI=1S/C21H21F3N2O4/c1-13(27)25-17-8-4-15(5-9-17)20(29)18-11-30-12-19(28)26(18)10-14-2-6-16(7-3-14)21(22,23)24/h2-9,18,20,29H,10-12H2,1H3,(H,25,27). The van der Waals surface area contributed by atoms with Gasteiger partial charge in [0.15, 0.2) is 0 Å². The lowest BCUT2D eigenvalue weighted by Crippen LogP contribution is -2.51. The fourth-order valence-corrected chi connectivity index (χ4v) is 3.28. The molecule has 1 aliphatic heterocycles. The number of aliphatic hydroxyl groups is 1. The van der Waals surface area contributed by atoms with E-state index in [1.165, 1.54) is 24.0 Å². The van der Waals surface area contributed by atoms with Crippen LogP contribution in [-0.2, 0) is 27.0 Å². The van der Waals surface area contributed by atoms with Gasteiger partial charge in [0.1, 0.15) is 12.7 Å². The van der Waals surface area contributed by atoms with Gasteiger partial charge in [-0.1, -0.05) is 24.3 Å². The summed E-state index contributed by atoms with van der Waals surface area (Å²) in [6.07, 6.45) is -5.51. The van der Waals surface area contributed by atoms with Gasteiger partial charge < -0.3 is 20.1 Å². The van der Waals surface area contributed by atoms with Gasteiger partial charge in [-0.25, -0.2) is 0 Å². The van der Waals surface area contributed by atoms with E-state index in [2.05, 4.69) is 5.32 Å². The van der Waals surface area contributed by atoms with E-state index in [-0.39, 0.29) is 31.6 Å². The summed E-state index contributed by atoms with van der Waals surface area (Å²) in [4.78, 5) is 24.9. The predicted molar refractivity (Wildman–Crippen MR) is 102 cm³/mol. The maximum absolute atomic E-state index is 12.8. The van der Waals surface area contributed by atoms with Crippen LogP contribution in [0.1, 0.15) is 29.7 Å².